The highest BCUT2D eigenvalue weighted by Crippen LogP contribution is 2.24. The van der Waals surface area contributed by atoms with Gasteiger partial charge in [-0.05, 0) is 18.2 Å². The van der Waals surface area contributed by atoms with Crippen LogP contribution in [0.3, 0.4) is 0 Å². The van der Waals surface area contributed by atoms with Crippen LogP contribution >= 0.6 is 11.6 Å². The van der Waals surface area contributed by atoms with Crippen molar-refractivity contribution >= 4 is 27.3 Å². The molecule has 0 radical (unpaired) electrons. The lowest BCUT2D eigenvalue weighted by Crippen LogP contribution is -2.15. The van der Waals surface area contributed by atoms with E-state index in [1.807, 2.05) is 4.72 Å². The van der Waals surface area contributed by atoms with Gasteiger partial charge in [0.1, 0.15) is 16.5 Å². The van der Waals surface area contributed by atoms with Crippen molar-refractivity contribution in [2.45, 2.75) is 4.90 Å². The van der Waals surface area contributed by atoms with E-state index in [4.69, 9.17) is 11.6 Å². The zero-order chi connectivity index (χ0) is 14.0. The molecule has 0 aliphatic heterocycles. The Balaban J connectivity index is 2.43. The van der Waals surface area contributed by atoms with Crippen molar-refractivity contribution < 1.29 is 17.2 Å². The summed E-state index contributed by atoms with van der Waals surface area (Å²) in [6, 6.07) is 3.71. The number of benzene rings is 1. The van der Waals surface area contributed by atoms with Crippen molar-refractivity contribution in [3.63, 3.8) is 0 Å². The van der Waals surface area contributed by atoms with Crippen molar-refractivity contribution in [3.05, 3.63) is 53.3 Å². The van der Waals surface area contributed by atoms with E-state index in [2.05, 4.69) is 4.98 Å². The van der Waals surface area contributed by atoms with E-state index in [1.54, 1.807) is 0 Å². The summed E-state index contributed by atoms with van der Waals surface area (Å²) in [5, 5.41) is -0.0701. The van der Waals surface area contributed by atoms with Crippen LogP contribution < -0.4 is 4.72 Å². The predicted molar refractivity (Wildman–Crippen MR) is 66.4 cm³/mol. The van der Waals surface area contributed by atoms with Crippen LogP contribution in [0.15, 0.2) is 41.6 Å². The van der Waals surface area contributed by atoms with Gasteiger partial charge in [0.25, 0.3) is 10.0 Å². The van der Waals surface area contributed by atoms with Crippen molar-refractivity contribution in [1.82, 2.24) is 4.98 Å². The minimum Gasteiger partial charge on any atom is -0.276 e. The molecule has 0 fully saturated rings. The smallest absolute Gasteiger partial charge is 0.265 e. The largest absolute Gasteiger partial charge is 0.276 e. The first-order chi connectivity index (χ1) is 8.90. The number of anilines is 1. The number of pyridine rings is 1. The van der Waals surface area contributed by atoms with Crippen LogP contribution in [-0.4, -0.2) is 13.4 Å². The van der Waals surface area contributed by atoms with E-state index in [1.165, 1.54) is 12.3 Å². The molecular weight excluding hydrogens is 298 g/mol. The molecule has 1 N–H and O–H groups in total. The highest BCUT2D eigenvalue weighted by Gasteiger charge is 2.20. The minimum atomic E-state index is -4.13. The zero-order valence-corrected chi connectivity index (χ0v) is 10.8. The Morgan fingerprint density at radius 3 is 2.63 bits per heavy atom. The topological polar surface area (TPSA) is 59.1 Å². The molecule has 0 unspecified atom stereocenters. The Bertz CT molecular complexity index is 722. The molecule has 1 heterocycles. The molecule has 100 valence electrons. The lowest BCUT2D eigenvalue weighted by atomic mass is 10.3. The summed E-state index contributed by atoms with van der Waals surface area (Å²) in [5.41, 5.74) is -0.500. The standard InChI is InChI=1S/C11H7ClF2N2O2S/c12-8-3-4-15-6-11(8)19(17,18)16-10-5-7(13)1-2-9(10)14/h1-6,16H. The average Bonchev–Trinajstić information content (AvgIpc) is 2.34. The second-order valence-corrected chi connectivity index (χ2v) is 5.59. The van der Waals surface area contributed by atoms with Gasteiger partial charge in [0.2, 0.25) is 0 Å². The monoisotopic (exact) mass is 304 g/mol. The lowest BCUT2D eigenvalue weighted by Gasteiger charge is -2.09. The molecule has 2 aromatic rings. The van der Waals surface area contributed by atoms with Crippen molar-refractivity contribution in [3.8, 4) is 0 Å². The van der Waals surface area contributed by atoms with E-state index < -0.39 is 27.3 Å². The molecule has 0 saturated heterocycles. The number of sulfonamides is 1. The van der Waals surface area contributed by atoms with Gasteiger partial charge < -0.3 is 0 Å². The SMILES string of the molecule is O=S(=O)(Nc1cc(F)ccc1F)c1cnccc1Cl. The lowest BCUT2D eigenvalue weighted by molar-refractivity contribution is 0.594. The second-order valence-electron chi connectivity index (χ2n) is 3.54. The maximum Gasteiger partial charge on any atom is 0.265 e. The summed E-state index contributed by atoms with van der Waals surface area (Å²) in [6.07, 6.45) is 2.33. The summed E-state index contributed by atoms with van der Waals surface area (Å²) < 4.78 is 52.2. The molecular formula is C11H7ClF2N2O2S. The van der Waals surface area contributed by atoms with Crippen molar-refractivity contribution in [1.29, 1.82) is 0 Å². The average molecular weight is 305 g/mol. The molecule has 0 spiro atoms. The zero-order valence-electron chi connectivity index (χ0n) is 9.27. The van der Waals surface area contributed by atoms with Gasteiger partial charge in [-0.1, -0.05) is 11.6 Å². The van der Waals surface area contributed by atoms with E-state index in [-0.39, 0.29) is 9.92 Å². The number of aromatic nitrogens is 1. The molecule has 2 rings (SSSR count). The molecule has 0 amide bonds. The van der Waals surface area contributed by atoms with Crippen LogP contribution in [-0.2, 0) is 10.0 Å². The van der Waals surface area contributed by atoms with E-state index in [0.29, 0.717) is 0 Å². The molecule has 0 bridgehead atoms. The van der Waals surface area contributed by atoms with Crippen molar-refractivity contribution in [2.75, 3.05) is 4.72 Å². The Labute approximate surface area is 113 Å². The summed E-state index contributed by atoms with van der Waals surface area (Å²) >= 11 is 5.72. The summed E-state index contributed by atoms with van der Waals surface area (Å²) in [5.74, 6) is -1.67. The number of halogens is 3. The number of nitrogens with zero attached hydrogens (tertiary/aromatic N) is 1. The summed E-state index contributed by atoms with van der Waals surface area (Å²) in [6.45, 7) is 0. The molecule has 0 aliphatic carbocycles. The number of hydrogen-bond donors (Lipinski definition) is 1. The fourth-order valence-electron chi connectivity index (χ4n) is 1.34. The van der Waals surface area contributed by atoms with Crippen LogP contribution in [0, 0.1) is 11.6 Å². The van der Waals surface area contributed by atoms with Crippen LogP contribution in [0.5, 0.6) is 0 Å². The molecule has 19 heavy (non-hydrogen) atoms. The highest BCUT2D eigenvalue weighted by atomic mass is 35.5. The Kier molecular flexibility index (Phi) is 3.68. The quantitative estimate of drug-likeness (QED) is 0.948. The third kappa shape index (κ3) is 2.99. The Morgan fingerprint density at radius 1 is 1.21 bits per heavy atom. The predicted octanol–water partition coefficient (Wildman–Crippen LogP) is 2.81. The Hall–Kier alpha value is -1.73. The van der Waals surface area contributed by atoms with Crippen LogP contribution in [0.25, 0.3) is 0 Å². The fourth-order valence-corrected chi connectivity index (χ4v) is 2.83. The van der Waals surface area contributed by atoms with Crippen molar-refractivity contribution in [2.24, 2.45) is 0 Å². The molecule has 0 saturated carbocycles. The van der Waals surface area contributed by atoms with Gasteiger partial charge in [0, 0.05) is 18.5 Å². The second kappa shape index (κ2) is 5.10. The minimum absolute atomic E-state index is 0.0701. The van der Waals surface area contributed by atoms with Gasteiger partial charge in [-0.25, -0.2) is 17.2 Å². The van der Waals surface area contributed by atoms with Gasteiger partial charge in [-0.15, -0.1) is 0 Å². The normalized spacial score (nSPS) is 11.3. The van der Waals surface area contributed by atoms with Gasteiger partial charge in [0.05, 0.1) is 10.7 Å². The molecule has 0 atom stereocenters. The molecule has 4 nitrogen and oxygen atoms in total. The fraction of sp³-hybridized carbons (Fsp3) is 0. The molecule has 8 heteroatoms. The van der Waals surface area contributed by atoms with Gasteiger partial charge in [0.15, 0.2) is 0 Å². The first-order valence-electron chi connectivity index (χ1n) is 4.97. The van der Waals surface area contributed by atoms with Gasteiger partial charge in [-0.2, -0.15) is 0 Å². The van der Waals surface area contributed by atoms with Gasteiger partial charge in [-0.3, -0.25) is 9.71 Å². The maximum absolute atomic E-state index is 13.4. The third-order valence-electron chi connectivity index (χ3n) is 2.20. The number of hydrogen-bond acceptors (Lipinski definition) is 3. The van der Waals surface area contributed by atoms with Crippen LogP contribution in [0.2, 0.25) is 5.02 Å². The number of nitrogens with one attached hydrogen (secondary N) is 1. The van der Waals surface area contributed by atoms with E-state index >= 15 is 0 Å². The summed E-state index contributed by atoms with van der Waals surface area (Å²) in [4.78, 5) is 3.30. The molecule has 1 aromatic carbocycles. The van der Waals surface area contributed by atoms with Crippen LogP contribution in [0.4, 0.5) is 14.5 Å². The Morgan fingerprint density at radius 2 is 1.95 bits per heavy atom. The number of rotatable bonds is 3. The first-order valence-corrected chi connectivity index (χ1v) is 6.83. The van der Waals surface area contributed by atoms with E-state index in [0.717, 1.165) is 24.4 Å². The summed E-state index contributed by atoms with van der Waals surface area (Å²) in [7, 11) is -4.13. The third-order valence-corrected chi connectivity index (χ3v) is 4.03. The first kappa shape index (κ1) is 13.7. The van der Waals surface area contributed by atoms with E-state index in [9.17, 15) is 17.2 Å². The van der Waals surface area contributed by atoms with Gasteiger partial charge >= 0.3 is 0 Å². The highest BCUT2D eigenvalue weighted by molar-refractivity contribution is 7.92. The molecule has 0 aliphatic rings. The van der Waals surface area contributed by atoms with Crippen LogP contribution in [0.1, 0.15) is 0 Å². The molecule has 1 aromatic heterocycles. The maximum atomic E-state index is 13.4.